The highest BCUT2D eigenvalue weighted by Crippen LogP contribution is 2.37. The predicted molar refractivity (Wildman–Crippen MR) is 102 cm³/mol. The van der Waals surface area contributed by atoms with Crippen molar-refractivity contribution in [3.05, 3.63) is 53.4 Å². The van der Waals surface area contributed by atoms with Crippen molar-refractivity contribution in [1.82, 2.24) is 0 Å². The third kappa shape index (κ3) is 4.05. The summed E-state index contributed by atoms with van der Waals surface area (Å²) in [5.74, 6) is -0.329. The van der Waals surface area contributed by atoms with Crippen LogP contribution in [0, 0.1) is 5.82 Å². The van der Waals surface area contributed by atoms with Crippen molar-refractivity contribution in [3.63, 3.8) is 0 Å². The van der Waals surface area contributed by atoms with Gasteiger partial charge in [0.15, 0.2) is 17.3 Å². The number of halogens is 1. The summed E-state index contributed by atoms with van der Waals surface area (Å²) in [6.45, 7) is 1.68. The first-order valence-corrected chi connectivity index (χ1v) is 8.75. The molecule has 6 heteroatoms. The molecular weight excluding hydrogens is 349 g/mol. The Morgan fingerprint density at radius 3 is 2.30 bits per heavy atom. The lowest BCUT2D eigenvalue weighted by atomic mass is 10.1. The predicted octanol–water partition coefficient (Wildman–Crippen LogP) is 4.04. The zero-order valence-electron chi connectivity index (χ0n) is 15.4. The summed E-state index contributed by atoms with van der Waals surface area (Å²) in [7, 11) is 2.86. The van der Waals surface area contributed by atoms with E-state index in [1.54, 1.807) is 30.3 Å². The third-order valence-electron chi connectivity index (χ3n) is 4.61. The summed E-state index contributed by atoms with van der Waals surface area (Å²) in [5, 5.41) is 9.93. The van der Waals surface area contributed by atoms with Gasteiger partial charge in [-0.15, -0.1) is 0 Å². The second-order valence-corrected chi connectivity index (χ2v) is 6.33. The number of phenols is 1. The Hall–Kier alpha value is -3.02. The average molecular weight is 371 g/mol. The van der Waals surface area contributed by atoms with Crippen LogP contribution in [0.2, 0.25) is 0 Å². The Balaban J connectivity index is 1.80. The fourth-order valence-electron chi connectivity index (χ4n) is 3.15. The van der Waals surface area contributed by atoms with Gasteiger partial charge in [-0.2, -0.15) is 0 Å². The van der Waals surface area contributed by atoms with Crippen LogP contribution >= 0.6 is 0 Å². The van der Waals surface area contributed by atoms with Crippen molar-refractivity contribution in [2.75, 3.05) is 32.2 Å². The molecule has 1 saturated heterocycles. The molecule has 0 bridgehead atoms. The van der Waals surface area contributed by atoms with Gasteiger partial charge in [0, 0.05) is 18.7 Å². The van der Waals surface area contributed by atoms with E-state index in [9.17, 15) is 14.3 Å². The van der Waals surface area contributed by atoms with Gasteiger partial charge < -0.3 is 19.5 Å². The Kier molecular flexibility index (Phi) is 5.64. The van der Waals surface area contributed by atoms with Crippen molar-refractivity contribution in [1.29, 1.82) is 0 Å². The van der Waals surface area contributed by atoms with Crippen molar-refractivity contribution < 1.29 is 23.8 Å². The van der Waals surface area contributed by atoms with E-state index in [0.29, 0.717) is 11.3 Å². The van der Waals surface area contributed by atoms with E-state index in [0.717, 1.165) is 25.9 Å². The molecule has 1 fully saturated rings. The van der Waals surface area contributed by atoms with Crippen LogP contribution in [0.25, 0.3) is 6.08 Å². The third-order valence-corrected chi connectivity index (χ3v) is 4.61. The number of anilines is 1. The molecule has 1 aliphatic rings. The van der Waals surface area contributed by atoms with E-state index in [-0.39, 0.29) is 34.4 Å². The second kappa shape index (κ2) is 8.12. The monoisotopic (exact) mass is 371 g/mol. The van der Waals surface area contributed by atoms with Crippen molar-refractivity contribution in [3.8, 4) is 17.2 Å². The number of carbonyl (C=O) groups excluding carboxylic acids is 1. The Morgan fingerprint density at radius 1 is 1.11 bits per heavy atom. The van der Waals surface area contributed by atoms with Crippen molar-refractivity contribution in [2.24, 2.45) is 0 Å². The minimum atomic E-state index is -0.385. The minimum absolute atomic E-state index is 0.108. The SMILES string of the molecule is COc1cc(C=CC(=O)c2ccc(N3CCCC3)c(F)c2)cc(OC)c1O. The van der Waals surface area contributed by atoms with Crippen LogP contribution in [0.1, 0.15) is 28.8 Å². The lowest BCUT2D eigenvalue weighted by Gasteiger charge is -2.18. The largest absolute Gasteiger partial charge is 0.502 e. The van der Waals surface area contributed by atoms with Gasteiger partial charge in [0.05, 0.1) is 19.9 Å². The molecule has 0 spiro atoms. The van der Waals surface area contributed by atoms with Crippen LogP contribution in [-0.4, -0.2) is 38.2 Å². The fraction of sp³-hybridized carbons (Fsp3) is 0.286. The molecule has 0 aromatic heterocycles. The van der Waals surface area contributed by atoms with E-state index in [1.165, 1.54) is 26.4 Å². The second-order valence-electron chi connectivity index (χ2n) is 6.33. The van der Waals surface area contributed by atoms with E-state index in [4.69, 9.17) is 9.47 Å². The molecule has 0 aliphatic carbocycles. The van der Waals surface area contributed by atoms with E-state index >= 15 is 0 Å². The molecule has 2 aromatic rings. The number of benzene rings is 2. The van der Waals surface area contributed by atoms with Gasteiger partial charge in [0.25, 0.3) is 0 Å². The van der Waals surface area contributed by atoms with E-state index < -0.39 is 0 Å². The van der Waals surface area contributed by atoms with Crippen LogP contribution in [0.15, 0.2) is 36.4 Å². The topological polar surface area (TPSA) is 59.0 Å². The van der Waals surface area contributed by atoms with Gasteiger partial charge in [-0.1, -0.05) is 6.08 Å². The fourth-order valence-corrected chi connectivity index (χ4v) is 3.15. The summed E-state index contributed by atoms with van der Waals surface area (Å²) < 4.78 is 24.6. The lowest BCUT2D eigenvalue weighted by molar-refractivity contribution is 0.104. The molecule has 0 unspecified atom stereocenters. The number of hydrogen-bond acceptors (Lipinski definition) is 5. The number of rotatable bonds is 6. The number of phenolic OH excluding ortho intramolecular Hbond substituents is 1. The number of aromatic hydroxyl groups is 1. The first-order valence-electron chi connectivity index (χ1n) is 8.75. The Bertz CT molecular complexity index is 847. The summed E-state index contributed by atoms with van der Waals surface area (Å²) >= 11 is 0. The first-order chi connectivity index (χ1) is 13.0. The van der Waals surface area contributed by atoms with Gasteiger partial charge >= 0.3 is 0 Å². The van der Waals surface area contributed by atoms with Crippen molar-refractivity contribution >= 4 is 17.5 Å². The van der Waals surface area contributed by atoms with Crippen LogP contribution in [-0.2, 0) is 0 Å². The van der Waals surface area contributed by atoms with Crippen LogP contribution < -0.4 is 14.4 Å². The smallest absolute Gasteiger partial charge is 0.200 e. The maximum absolute atomic E-state index is 14.4. The normalized spacial score (nSPS) is 14.0. The van der Waals surface area contributed by atoms with E-state index in [1.807, 2.05) is 4.90 Å². The molecule has 0 atom stereocenters. The summed E-state index contributed by atoms with van der Waals surface area (Å²) in [6, 6.07) is 7.74. The van der Waals surface area contributed by atoms with Crippen LogP contribution in [0.4, 0.5) is 10.1 Å². The molecule has 5 nitrogen and oxygen atoms in total. The molecule has 142 valence electrons. The number of ether oxygens (including phenoxy) is 2. The molecule has 27 heavy (non-hydrogen) atoms. The number of hydrogen-bond donors (Lipinski definition) is 1. The maximum atomic E-state index is 14.4. The molecule has 0 amide bonds. The maximum Gasteiger partial charge on any atom is 0.200 e. The molecular formula is C21H22FNO4. The highest BCUT2D eigenvalue weighted by atomic mass is 19.1. The van der Waals surface area contributed by atoms with E-state index in [2.05, 4.69) is 0 Å². The quantitative estimate of drug-likeness (QED) is 0.613. The minimum Gasteiger partial charge on any atom is -0.502 e. The Labute approximate surface area is 157 Å². The van der Waals surface area contributed by atoms with Crippen molar-refractivity contribution in [2.45, 2.75) is 12.8 Å². The first kappa shape index (κ1) is 18.8. The van der Waals surface area contributed by atoms with Gasteiger partial charge in [0.2, 0.25) is 5.75 Å². The lowest BCUT2D eigenvalue weighted by Crippen LogP contribution is -2.19. The van der Waals surface area contributed by atoms with Crippen LogP contribution in [0.3, 0.4) is 0 Å². The van der Waals surface area contributed by atoms with Gasteiger partial charge in [0.1, 0.15) is 5.82 Å². The summed E-state index contributed by atoms with van der Waals surface area (Å²) in [4.78, 5) is 14.4. The highest BCUT2D eigenvalue weighted by Gasteiger charge is 2.17. The number of nitrogens with zero attached hydrogens (tertiary/aromatic N) is 1. The molecule has 0 saturated carbocycles. The molecule has 1 heterocycles. The molecule has 2 aromatic carbocycles. The van der Waals surface area contributed by atoms with Gasteiger partial charge in [-0.25, -0.2) is 4.39 Å². The standard InChI is InChI=1S/C21H22FNO4/c1-26-19-11-14(12-20(27-2)21(19)25)5-8-18(24)15-6-7-17(16(22)13-15)23-9-3-4-10-23/h5-8,11-13,25H,3-4,9-10H2,1-2H3. The summed E-state index contributed by atoms with van der Waals surface area (Å²) in [5.41, 5.74) is 1.44. The van der Waals surface area contributed by atoms with Crippen LogP contribution in [0.5, 0.6) is 17.2 Å². The molecule has 1 N–H and O–H groups in total. The number of ketones is 1. The zero-order chi connectivity index (χ0) is 19.4. The highest BCUT2D eigenvalue weighted by molar-refractivity contribution is 6.07. The number of carbonyl (C=O) groups is 1. The molecule has 0 radical (unpaired) electrons. The number of allylic oxidation sites excluding steroid dienone is 1. The Morgan fingerprint density at radius 2 is 1.74 bits per heavy atom. The molecule has 1 aliphatic heterocycles. The zero-order valence-corrected chi connectivity index (χ0v) is 15.4. The number of methoxy groups -OCH3 is 2. The van der Waals surface area contributed by atoms with Gasteiger partial charge in [-0.3, -0.25) is 4.79 Å². The van der Waals surface area contributed by atoms with Gasteiger partial charge in [-0.05, 0) is 54.8 Å². The average Bonchev–Trinajstić information content (AvgIpc) is 3.21. The summed E-state index contributed by atoms with van der Waals surface area (Å²) in [6.07, 6.45) is 5.04. The molecule has 3 rings (SSSR count).